The molecule has 0 spiro atoms. The van der Waals surface area contributed by atoms with Gasteiger partial charge in [0.15, 0.2) is 0 Å². The largest absolute Gasteiger partial charge is 0.325 e. The number of hydrogen-bond donors (Lipinski definition) is 1. The Morgan fingerprint density at radius 3 is 2.64 bits per heavy atom. The summed E-state index contributed by atoms with van der Waals surface area (Å²) in [6.07, 6.45) is -0.142. The van der Waals surface area contributed by atoms with Crippen molar-refractivity contribution in [3.8, 4) is 0 Å². The third-order valence-corrected chi connectivity index (χ3v) is 1.94. The number of rotatable bonds is 1. The minimum atomic E-state index is -0.142. The van der Waals surface area contributed by atoms with Gasteiger partial charge in [0.05, 0.1) is 12.7 Å². The average Bonchev–Trinajstić information content (AvgIpc) is 1.85. The lowest BCUT2D eigenvalue weighted by atomic mass is 10.3. The first-order valence-electron chi connectivity index (χ1n) is 3.85. The molecule has 1 aliphatic rings. The number of nitrogens with zero attached hydrogens (tertiary/aromatic N) is 2. The number of carbonyl (C=O) groups is 1. The number of nitrogens with two attached hydrogens (primary N) is 1. The van der Waals surface area contributed by atoms with Crippen LogP contribution in [0.4, 0.5) is 0 Å². The van der Waals surface area contributed by atoms with Gasteiger partial charge in [0.25, 0.3) is 0 Å². The van der Waals surface area contributed by atoms with E-state index in [1.807, 2.05) is 18.9 Å². The molecule has 1 rings (SSSR count). The molecule has 4 heteroatoms. The smallest absolute Gasteiger partial charge is 0.238 e. The highest BCUT2D eigenvalue weighted by Gasteiger charge is 2.23. The molecule has 0 saturated carbocycles. The van der Waals surface area contributed by atoms with Gasteiger partial charge in [0.1, 0.15) is 0 Å². The zero-order chi connectivity index (χ0) is 8.43. The van der Waals surface area contributed by atoms with Gasteiger partial charge < -0.3 is 10.6 Å². The molecule has 1 amide bonds. The first kappa shape index (κ1) is 8.49. The highest BCUT2D eigenvalue weighted by Crippen LogP contribution is 2.02. The third-order valence-electron chi connectivity index (χ3n) is 1.94. The highest BCUT2D eigenvalue weighted by atomic mass is 16.2. The maximum atomic E-state index is 11.3. The van der Waals surface area contributed by atoms with E-state index in [1.54, 1.807) is 4.90 Å². The Kier molecular flexibility index (Phi) is 2.46. The van der Waals surface area contributed by atoms with E-state index in [0.717, 1.165) is 13.1 Å². The van der Waals surface area contributed by atoms with Crippen molar-refractivity contribution < 1.29 is 4.79 Å². The second-order valence-electron chi connectivity index (χ2n) is 3.07. The summed E-state index contributed by atoms with van der Waals surface area (Å²) < 4.78 is 0. The Balaban J connectivity index is 2.51. The molecule has 0 aliphatic carbocycles. The molecule has 4 nitrogen and oxygen atoms in total. The van der Waals surface area contributed by atoms with Crippen molar-refractivity contribution in [2.75, 3.05) is 26.7 Å². The van der Waals surface area contributed by atoms with Gasteiger partial charge in [-0.2, -0.15) is 0 Å². The van der Waals surface area contributed by atoms with Gasteiger partial charge >= 0.3 is 0 Å². The molecule has 1 aliphatic heterocycles. The molecule has 0 aromatic heterocycles. The van der Waals surface area contributed by atoms with Crippen LogP contribution in [-0.4, -0.2) is 48.6 Å². The van der Waals surface area contributed by atoms with Gasteiger partial charge in [-0.3, -0.25) is 9.69 Å². The second kappa shape index (κ2) is 3.19. The predicted molar refractivity (Wildman–Crippen MR) is 42.9 cm³/mol. The van der Waals surface area contributed by atoms with E-state index in [0.29, 0.717) is 6.54 Å². The topological polar surface area (TPSA) is 49.6 Å². The molecule has 1 heterocycles. The number of hydrogen-bond acceptors (Lipinski definition) is 3. The molecule has 2 N–H and O–H groups in total. The van der Waals surface area contributed by atoms with Gasteiger partial charge in [-0.05, 0) is 14.0 Å². The van der Waals surface area contributed by atoms with Crippen LogP contribution in [0.3, 0.4) is 0 Å². The molecule has 1 unspecified atom stereocenters. The summed E-state index contributed by atoms with van der Waals surface area (Å²) in [5, 5.41) is 0. The predicted octanol–water partition coefficient (Wildman–Crippen LogP) is -0.935. The monoisotopic (exact) mass is 157 g/mol. The van der Waals surface area contributed by atoms with E-state index in [-0.39, 0.29) is 12.1 Å². The molecular formula is C7H15N3O. The standard InChI is InChI=1S/C7H15N3O/c1-6(8)10-4-3-9(2)5-7(10)11/h6H,3-5,8H2,1-2H3. The van der Waals surface area contributed by atoms with E-state index in [4.69, 9.17) is 5.73 Å². The lowest BCUT2D eigenvalue weighted by molar-refractivity contribution is -0.137. The first-order chi connectivity index (χ1) is 5.11. The van der Waals surface area contributed by atoms with E-state index < -0.39 is 0 Å². The van der Waals surface area contributed by atoms with Crippen LogP contribution >= 0.6 is 0 Å². The zero-order valence-corrected chi connectivity index (χ0v) is 7.08. The molecule has 11 heavy (non-hydrogen) atoms. The number of piperazine rings is 1. The lowest BCUT2D eigenvalue weighted by Gasteiger charge is -2.34. The normalized spacial score (nSPS) is 23.9. The van der Waals surface area contributed by atoms with E-state index >= 15 is 0 Å². The molecule has 0 radical (unpaired) electrons. The summed E-state index contributed by atoms with van der Waals surface area (Å²) in [4.78, 5) is 15.0. The maximum Gasteiger partial charge on any atom is 0.238 e. The second-order valence-corrected chi connectivity index (χ2v) is 3.07. The van der Waals surface area contributed by atoms with Crippen molar-refractivity contribution >= 4 is 5.91 Å². The van der Waals surface area contributed by atoms with Crippen LogP contribution < -0.4 is 5.73 Å². The highest BCUT2D eigenvalue weighted by molar-refractivity contribution is 5.79. The van der Waals surface area contributed by atoms with Crippen LogP contribution in [0.2, 0.25) is 0 Å². The Labute approximate surface area is 66.9 Å². The Morgan fingerprint density at radius 2 is 2.18 bits per heavy atom. The zero-order valence-electron chi connectivity index (χ0n) is 7.08. The summed E-state index contributed by atoms with van der Waals surface area (Å²) in [6, 6.07) is 0. The van der Waals surface area contributed by atoms with Crippen LogP contribution in [0.15, 0.2) is 0 Å². The fraction of sp³-hybridized carbons (Fsp3) is 0.857. The quantitative estimate of drug-likeness (QED) is 0.534. The van der Waals surface area contributed by atoms with Crippen molar-refractivity contribution in [3.63, 3.8) is 0 Å². The van der Waals surface area contributed by atoms with Gasteiger partial charge in [0.2, 0.25) is 5.91 Å². The van der Waals surface area contributed by atoms with Crippen LogP contribution in [-0.2, 0) is 4.79 Å². The molecule has 1 saturated heterocycles. The van der Waals surface area contributed by atoms with Gasteiger partial charge in [0, 0.05) is 13.1 Å². The van der Waals surface area contributed by atoms with Crippen LogP contribution in [0, 0.1) is 0 Å². The minimum Gasteiger partial charge on any atom is -0.325 e. The fourth-order valence-electron chi connectivity index (χ4n) is 1.23. The summed E-state index contributed by atoms with van der Waals surface area (Å²) in [5.41, 5.74) is 5.59. The molecule has 1 atom stereocenters. The van der Waals surface area contributed by atoms with Crippen molar-refractivity contribution in [2.45, 2.75) is 13.1 Å². The van der Waals surface area contributed by atoms with E-state index in [9.17, 15) is 4.79 Å². The third kappa shape index (κ3) is 1.91. The Bertz CT molecular complexity index is 158. The van der Waals surface area contributed by atoms with Gasteiger partial charge in [-0.1, -0.05) is 0 Å². The van der Waals surface area contributed by atoms with Crippen molar-refractivity contribution in [2.24, 2.45) is 5.73 Å². The Morgan fingerprint density at radius 1 is 1.55 bits per heavy atom. The number of carbonyl (C=O) groups excluding carboxylic acids is 1. The molecule has 64 valence electrons. The molecular weight excluding hydrogens is 142 g/mol. The molecule has 1 fully saturated rings. The van der Waals surface area contributed by atoms with Crippen LogP contribution in [0.1, 0.15) is 6.92 Å². The van der Waals surface area contributed by atoms with Gasteiger partial charge in [-0.15, -0.1) is 0 Å². The van der Waals surface area contributed by atoms with Crippen LogP contribution in [0.25, 0.3) is 0 Å². The summed E-state index contributed by atoms with van der Waals surface area (Å²) in [5.74, 6) is 0.133. The maximum absolute atomic E-state index is 11.3. The Hall–Kier alpha value is -0.610. The van der Waals surface area contributed by atoms with Crippen molar-refractivity contribution in [1.82, 2.24) is 9.80 Å². The fourth-order valence-corrected chi connectivity index (χ4v) is 1.23. The van der Waals surface area contributed by atoms with Crippen LogP contribution in [0.5, 0.6) is 0 Å². The minimum absolute atomic E-state index is 0.133. The van der Waals surface area contributed by atoms with E-state index in [2.05, 4.69) is 0 Å². The number of amides is 1. The molecule has 0 aromatic rings. The van der Waals surface area contributed by atoms with E-state index in [1.165, 1.54) is 0 Å². The van der Waals surface area contributed by atoms with Crippen molar-refractivity contribution in [1.29, 1.82) is 0 Å². The molecule has 0 aromatic carbocycles. The van der Waals surface area contributed by atoms with Crippen molar-refractivity contribution in [3.05, 3.63) is 0 Å². The lowest BCUT2D eigenvalue weighted by Crippen LogP contribution is -2.54. The average molecular weight is 157 g/mol. The van der Waals surface area contributed by atoms with Gasteiger partial charge in [-0.25, -0.2) is 0 Å². The SMILES string of the molecule is CC(N)N1CCN(C)CC1=O. The summed E-state index contributed by atoms with van der Waals surface area (Å²) >= 11 is 0. The summed E-state index contributed by atoms with van der Waals surface area (Å²) in [6.45, 7) is 4.02. The first-order valence-corrected chi connectivity index (χ1v) is 3.85. The number of likely N-dealkylation sites (N-methyl/N-ethyl adjacent to an activating group) is 1. The summed E-state index contributed by atoms with van der Waals surface area (Å²) in [7, 11) is 1.94. The molecule has 0 bridgehead atoms.